The van der Waals surface area contributed by atoms with Crippen molar-refractivity contribution in [3.05, 3.63) is 185 Å². The van der Waals surface area contributed by atoms with Gasteiger partial charge in [0.2, 0.25) is 0 Å². The molecule has 0 aliphatic carbocycles. The second kappa shape index (κ2) is 14.9. The molecule has 292 valence electrons. The molecule has 8 heteroatoms. The molecule has 12 bridgehead atoms. The molecule has 7 heterocycles. The fourth-order valence-electron chi connectivity index (χ4n) is 8.52. The highest BCUT2D eigenvalue weighted by molar-refractivity contribution is 6.06. The zero-order chi connectivity index (χ0) is 40.2. The van der Waals surface area contributed by atoms with Crippen molar-refractivity contribution >= 4 is 23.6 Å². The van der Waals surface area contributed by atoms with E-state index in [1.165, 1.54) is 67.1 Å². The summed E-state index contributed by atoms with van der Waals surface area (Å²) < 4.78 is 4.35. The molecule has 0 fully saturated rings. The van der Waals surface area contributed by atoms with E-state index in [1.54, 1.807) is 0 Å². The Morgan fingerprint density at radius 2 is 0.879 bits per heavy atom. The highest BCUT2D eigenvalue weighted by Gasteiger charge is 2.24. The topological polar surface area (TPSA) is 91.9 Å². The van der Waals surface area contributed by atoms with Gasteiger partial charge in [0, 0.05) is 59.8 Å². The van der Waals surface area contributed by atoms with Crippen molar-refractivity contribution in [2.45, 2.75) is 94.2 Å². The first-order chi connectivity index (χ1) is 28.0. The second-order valence-corrected chi connectivity index (χ2v) is 16.5. The van der Waals surface area contributed by atoms with E-state index < -0.39 is 0 Å². The maximum Gasteiger partial charge on any atom is 0.0686 e. The molecule has 0 atom stereocenters. The molecule has 3 aliphatic rings. The number of H-pyrrole nitrogens is 2. The first kappa shape index (κ1) is 37.3. The smallest absolute Gasteiger partial charge is 0.0686 e. The van der Waals surface area contributed by atoms with E-state index in [0.29, 0.717) is 38.8 Å². The molecule has 8 nitrogen and oxygen atoms in total. The molecule has 0 saturated heterocycles. The summed E-state index contributed by atoms with van der Waals surface area (Å²) in [4.78, 5) is 18.2. The van der Waals surface area contributed by atoms with Gasteiger partial charge in [0.05, 0.1) is 47.3 Å². The third-order valence-corrected chi connectivity index (χ3v) is 12.8. The number of aromatic amines is 2. The van der Waals surface area contributed by atoms with Crippen LogP contribution < -0.4 is 0 Å². The lowest BCUT2D eigenvalue weighted by atomic mass is 10.0. The summed E-state index contributed by atoms with van der Waals surface area (Å²) in [5, 5.41) is 10.5. The van der Waals surface area contributed by atoms with E-state index in [4.69, 9.17) is 20.2 Å². The van der Waals surface area contributed by atoms with Crippen LogP contribution in [0.4, 0.5) is 0 Å². The fourth-order valence-corrected chi connectivity index (χ4v) is 8.52. The number of nitrogens with zero attached hydrogens (tertiary/aromatic N) is 6. The van der Waals surface area contributed by atoms with E-state index in [1.807, 2.05) is 0 Å². The van der Waals surface area contributed by atoms with Crippen LogP contribution in [0.5, 0.6) is 0 Å². The Morgan fingerprint density at radius 1 is 0.483 bits per heavy atom. The van der Waals surface area contributed by atoms with Crippen molar-refractivity contribution in [3.63, 3.8) is 0 Å². The van der Waals surface area contributed by atoms with Gasteiger partial charge in [-0.05, 0) is 135 Å². The third-order valence-electron chi connectivity index (χ3n) is 12.8. The molecule has 0 radical (unpaired) electrons. The average Bonchev–Trinajstić information content (AvgIpc) is 4.02. The molecular weight excluding hydrogens is 713 g/mol. The SMILES string of the molecule is CC1=C(C)/C2=C/c3[nH]c(c(C)c3C)Cc3cc(n(Cc4ccccc4)n3)CC3=N/C(=C/c4[nH]c(c(C)c4C)Cc4cc(n(Cc5ccccc5)n4)CC1=N2)C(C)=C3C. The predicted octanol–water partition coefficient (Wildman–Crippen LogP) is 10.3. The van der Waals surface area contributed by atoms with Gasteiger partial charge in [-0.3, -0.25) is 19.3 Å². The van der Waals surface area contributed by atoms with Crippen molar-refractivity contribution in [2.24, 2.45) is 9.98 Å². The van der Waals surface area contributed by atoms with Gasteiger partial charge in [0.1, 0.15) is 0 Å². The molecule has 0 amide bonds. The van der Waals surface area contributed by atoms with Crippen molar-refractivity contribution in [3.8, 4) is 0 Å². The Kier molecular flexibility index (Phi) is 9.59. The van der Waals surface area contributed by atoms with E-state index in [2.05, 4.69) is 160 Å². The van der Waals surface area contributed by atoms with Gasteiger partial charge in [0.25, 0.3) is 0 Å². The van der Waals surface area contributed by atoms with Crippen molar-refractivity contribution in [2.75, 3.05) is 0 Å². The maximum absolute atomic E-state index is 5.30. The highest BCUT2D eigenvalue weighted by Crippen LogP contribution is 2.33. The van der Waals surface area contributed by atoms with Gasteiger partial charge >= 0.3 is 0 Å². The van der Waals surface area contributed by atoms with Crippen LogP contribution in [0, 0.1) is 27.7 Å². The molecule has 0 unspecified atom stereocenters. The molecule has 3 aliphatic heterocycles. The number of hydrogen-bond acceptors (Lipinski definition) is 4. The molecule has 58 heavy (non-hydrogen) atoms. The number of fused-ring (bicyclic) bond motifs is 10. The van der Waals surface area contributed by atoms with Crippen molar-refractivity contribution in [1.82, 2.24) is 29.5 Å². The van der Waals surface area contributed by atoms with Crippen LogP contribution in [-0.2, 0) is 38.8 Å². The van der Waals surface area contributed by atoms with Crippen LogP contribution >= 0.6 is 0 Å². The first-order valence-electron chi connectivity index (χ1n) is 20.5. The summed E-state index contributed by atoms with van der Waals surface area (Å²) in [5.74, 6) is 0. The Hall–Kier alpha value is -6.28. The quantitative estimate of drug-likeness (QED) is 0.187. The van der Waals surface area contributed by atoms with E-state index in [9.17, 15) is 0 Å². The summed E-state index contributed by atoms with van der Waals surface area (Å²) in [7, 11) is 0. The standard InChI is InChI=1S/C50H52N8/c1-29-33(5)47-25-49-35(7)31(3)45(53-49)24-42-20-40(56-58(42)28-38-17-13-10-14-18-38)22-44-30(2)34(6)48(52-44)26-50-36(8)32(4)46(54-50)23-41-19-39(21-43(29)51-47)55-57(41)27-37-15-11-9-12-16-37/h9-20,25-26,51-52H,21-24,27-28H2,1-8H3/b49-25-,50-26+. The predicted molar refractivity (Wildman–Crippen MR) is 237 cm³/mol. The molecule has 0 saturated carbocycles. The normalized spacial score (nSPS) is 17.5. The third kappa shape index (κ3) is 7.01. The molecule has 2 aromatic carbocycles. The summed E-state index contributed by atoms with van der Waals surface area (Å²) in [6.07, 6.45) is 7.29. The second-order valence-electron chi connectivity index (χ2n) is 16.5. The Morgan fingerprint density at radius 3 is 1.28 bits per heavy atom. The van der Waals surface area contributed by atoms with Crippen LogP contribution in [0.1, 0.15) is 107 Å². The van der Waals surface area contributed by atoms with Crippen molar-refractivity contribution in [1.29, 1.82) is 0 Å². The fraction of sp³-hybridized carbons (Fsp3) is 0.280. The van der Waals surface area contributed by atoms with Crippen molar-refractivity contribution < 1.29 is 0 Å². The van der Waals surface area contributed by atoms with Crippen LogP contribution in [0.2, 0.25) is 0 Å². The lowest BCUT2D eigenvalue weighted by molar-refractivity contribution is 0.649. The van der Waals surface area contributed by atoms with E-state index in [0.717, 1.165) is 57.0 Å². The van der Waals surface area contributed by atoms with Gasteiger partial charge in [-0.25, -0.2) is 0 Å². The summed E-state index contributed by atoms with van der Waals surface area (Å²) in [5.41, 5.74) is 25.5. The molecular formula is C50H52N8. The number of aromatic nitrogens is 6. The minimum Gasteiger partial charge on any atom is -0.358 e. The highest BCUT2D eigenvalue weighted by atomic mass is 15.3. The average molecular weight is 765 g/mol. The first-order valence-corrected chi connectivity index (χ1v) is 20.5. The Balaban J connectivity index is 1.17. The Bertz CT molecular complexity index is 2590. The minimum atomic E-state index is 0.702. The minimum absolute atomic E-state index is 0.702. The van der Waals surface area contributed by atoms with Gasteiger partial charge in [-0.15, -0.1) is 0 Å². The van der Waals surface area contributed by atoms with Crippen LogP contribution in [0.3, 0.4) is 0 Å². The number of hydrogen-bond donors (Lipinski definition) is 2. The number of allylic oxidation sites excluding steroid dienone is 4. The maximum atomic E-state index is 5.30. The van der Waals surface area contributed by atoms with Crippen LogP contribution in [0.15, 0.2) is 116 Å². The lowest BCUT2D eigenvalue weighted by Crippen LogP contribution is -2.11. The number of rotatable bonds is 4. The largest absolute Gasteiger partial charge is 0.358 e. The molecule has 6 aromatic rings. The molecule has 0 spiro atoms. The van der Waals surface area contributed by atoms with Gasteiger partial charge in [-0.2, -0.15) is 10.2 Å². The van der Waals surface area contributed by atoms with E-state index >= 15 is 0 Å². The molecule has 9 rings (SSSR count). The summed E-state index contributed by atoms with van der Waals surface area (Å²) in [6.45, 7) is 19.1. The Labute approximate surface area is 341 Å². The number of benzene rings is 2. The summed E-state index contributed by atoms with van der Waals surface area (Å²) >= 11 is 0. The number of nitrogens with one attached hydrogen (secondary N) is 2. The van der Waals surface area contributed by atoms with Crippen LogP contribution in [-0.4, -0.2) is 41.0 Å². The van der Waals surface area contributed by atoms with Gasteiger partial charge < -0.3 is 9.97 Å². The lowest BCUT2D eigenvalue weighted by Gasteiger charge is -2.08. The molecule has 4 aromatic heterocycles. The monoisotopic (exact) mass is 764 g/mol. The summed E-state index contributed by atoms with van der Waals surface area (Å²) in [6, 6.07) is 25.8. The van der Waals surface area contributed by atoms with E-state index in [-0.39, 0.29) is 0 Å². The number of aliphatic imine (C=N–C) groups is 2. The van der Waals surface area contributed by atoms with Crippen LogP contribution in [0.25, 0.3) is 12.2 Å². The van der Waals surface area contributed by atoms with Gasteiger partial charge in [0.15, 0.2) is 0 Å². The molecule has 2 N–H and O–H groups in total. The van der Waals surface area contributed by atoms with Gasteiger partial charge in [-0.1, -0.05) is 60.7 Å². The zero-order valence-corrected chi connectivity index (χ0v) is 35.0. The zero-order valence-electron chi connectivity index (χ0n) is 35.0.